The number of amides is 2. The van der Waals surface area contributed by atoms with E-state index in [0.29, 0.717) is 17.0 Å². The fourth-order valence-electron chi connectivity index (χ4n) is 3.80. The number of phenolic OH excluding ortho intramolecular Hbond substituents is 1. The van der Waals surface area contributed by atoms with Gasteiger partial charge in [0.1, 0.15) is 6.61 Å². The lowest BCUT2D eigenvalue weighted by atomic mass is 9.95. The van der Waals surface area contributed by atoms with Crippen LogP contribution in [0, 0.1) is 10.1 Å². The molecule has 0 unspecified atom stereocenters. The minimum Gasteiger partial charge on any atom is -0.500 e. The number of aromatic hydroxyl groups is 1. The molecule has 1 aliphatic rings. The molecule has 0 fully saturated rings. The third-order valence-electron chi connectivity index (χ3n) is 5.60. The van der Waals surface area contributed by atoms with E-state index >= 15 is 0 Å². The molecule has 0 radical (unpaired) electrons. The van der Waals surface area contributed by atoms with E-state index in [1.807, 2.05) is 0 Å². The summed E-state index contributed by atoms with van der Waals surface area (Å²) in [4.78, 5) is 34.8. The van der Waals surface area contributed by atoms with Crippen LogP contribution in [0.1, 0.15) is 31.0 Å². The van der Waals surface area contributed by atoms with E-state index in [2.05, 4.69) is 21.2 Å². The van der Waals surface area contributed by atoms with E-state index in [-0.39, 0.29) is 35.8 Å². The molecule has 15 heteroatoms. The number of phenols is 1. The molecule has 0 bridgehead atoms. The van der Waals surface area contributed by atoms with Crippen molar-refractivity contribution in [3.05, 3.63) is 62.8 Å². The van der Waals surface area contributed by atoms with E-state index in [1.165, 1.54) is 26.5 Å². The Labute approximate surface area is 228 Å². The number of allylic oxidation sites excluding steroid dienone is 1. The van der Waals surface area contributed by atoms with Crippen LogP contribution in [0.3, 0.4) is 0 Å². The fraction of sp³-hybridized carbons (Fsp3) is 0.320. The highest BCUT2D eigenvalue weighted by Gasteiger charge is 2.32. The zero-order valence-electron chi connectivity index (χ0n) is 22.1. The highest BCUT2D eigenvalue weighted by Crippen LogP contribution is 2.37. The normalized spacial score (nSPS) is 15.6. The van der Waals surface area contributed by atoms with Crippen molar-refractivity contribution in [2.24, 2.45) is 5.10 Å². The number of hydrazone groups is 1. The van der Waals surface area contributed by atoms with Crippen molar-refractivity contribution in [1.82, 2.24) is 16.1 Å². The van der Waals surface area contributed by atoms with Gasteiger partial charge in [-0.05, 0) is 37.6 Å². The number of nitrogens with one attached hydrogen (secondary N) is 3. The van der Waals surface area contributed by atoms with Gasteiger partial charge in [-0.3, -0.25) is 15.5 Å². The molecule has 2 aromatic carbocycles. The first-order chi connectivity index (χ1) is 19.1. The molecule has 0 aliphatic carbocycles. The number of benzene rings is 2. The number of carbonyl (C=O) groups excluding carboxylic acids is 2. The monoisotopic (exact) mass is 559 g/mol. The van der Waals surface area contributed by atoms with Gasteiger partial charge in [-0.1, -0.05) is 6.07 Å². The standard InChI is InChI=1S/C25H29N5O10/c1-5-39-18-10-15(22-21(24(33)38-4)13(2)27-25(34)28-22)6-7-17(18)40-12-20(31)29-26-11-14-8-16(30(35)36)23(32)19(9-14)37-3/h6-11,20,22,29,31-32H,5,12H2,1-4H3,(H2,27,28,34)/b26-11-/t20-,22-/m1/s1. The number of hydrogen-bond acceptors (Lipinski definition) is 12. The van der Waals surface area contributed by atoms with Gasteiger partial charge in [0, 0.05) is 17.3 Å². The maximum atomic E-state index is 12.4. The molecule has 1 heterocycles. The molecule has 15 nitrogen and oxygen atoms in total. The van der Waals surface area contributed by atoms with Crippen molar-refractivity contribution in [2.45, 2.75) is 26.1 Å². The average Bonchev–Trinajstić information content (AvgIpc) is 2.92. The number of aliphatic hydroxyl groups excluding tert-OH is 1. The molecule has 1 aliphatic heterocycles. The van der Waals surface area contributed by atoms with E-state index in [0.717, 1.165) is 6.07 Å². The highest BCUT2D eigenvalue weighted by atomic mass is 16.6. The number of rotatable bonds is 12. The number of nitro benzene ring substituents is 1. The number of aliphatic hydroxyl groups is 1. The minimum absolute atomic E-state index is 0.111. The first-order valence-electron chi connectivity index (χ1n) is 11.9. The van der Waals surface area contributed by atoms with Crippen LogP contribution >= 0.6 is 0 Å². The summed E-state index contributed by atoms with van der Waals surface area (Å²) < 4.78 is 21.2. The van der Waals surface area contributed by atoms with Gasteiger partial charge in [-0.25, -0.2) is 9.59 Å². The van der Waals surface area contributed by atoms with E-state index < -0.39 is 40.6 Å². The Morgan fingerprint density at radius 1 is 1.23 bits per heavy atom. The Hall–Kier alpha value is -5.05. The van der Waals surface area contributed by atoms with E-state index in [4.69, 9.17) is 18.9 Å². The van der Waals surface area contributed by atoms with Crippen molar-refractivity contribution in [3.8, 4) is 23.0 Å². The van der Waals surface area contributed by atoms with Gasteiger partial charge in [0.25, 0.3) is 0 Å². The van der Waals surface area contributed by atoms with Crippen molar-refractivity contribution < 1.29 is 43.7 Å². The molecule has 2 amide bonds. The second-order valence-corrected chi connectivity index (χ2v) is 8.26. The molecule has 40 heavy (non-hydrogen) atoms. The van der Waals surface area contributed by atoms with Gasteiger partial charge < -0.3 is 39.8 Å². The van der Waals surface area contributed by atoms with Crippen LogP contribution in [0.2, 0.25) is 0 Å². The van der Waals surface area contributed by atoms with Crippen molar-refractivity contribution >= 4 is 23.9 Å². The first-order valence-corrected chi connectivity index (χ1v) is 11.9. The Bertz CT molecular complexity index is 1340. The summed E-state index contributed by atoms with van der Waals surface area (Å²) >= 11 is 0. The highest BCUT2D eigenvalue weighted by molar-refractivity contribution is 5.95. The van der Waals surface area contributed by atoms with Crippen LogP contribution in [-0.2, 0) is 9.53 Å². The molecule has 214 valence electrons. The Morgan fingerprint density at radius 3 is 2.62 bits per heavy atom. The fourth-order valence-corrected chi connectivity index (χ4v) is 3.80. The van der Waals surface area contributed by atoms with Crippen molar-refractivity contribution in [3.63, 3.8) is 0 Å². The molecule has 2 atom stereocenters. The third kappa shape index (κ3) is 6.87. The second-order valence-electron chi connectivity index (χ2n) is 8.26. The van der Waals surface area contributed by atoms with E-state index in [1.54, 1.807) is 32.0 Å². The summed E-state index contributed by atoms with van der Waals surface area (Å²) in [5.74, 6) is -0.760. The first kappa shape index (κ1) is 29.5. The molecule has 0 saturated carbocycles. The second kappa shape index (κ2) is 13.1. The lowest BCUT2D eigenvalue weighted by Gasteiger charge is -2.28. The third-order valence-corrected chi connectivity index (χ3v) is 5.60. The quantitative estimate of drug-likeness (QED) is 0.0834. The summed E-state index contributed by atoms with van der Waals surface area (Å²) in [7, 11) is 2.49. The lowest BCUT2D eigenvalue weighted by Crippen LogP contribution is -2.45. The minimum atomic E-state index is -1.29. The molecule has 2 aromatic rings. The van der Waals surface area contributed by atoms with Crippen LogP contribution in [0.4, 0.5) is 10.5 Å². The zero-order valence-corrected chi connectivity index (χ0v) is 22.1. The number of carbonyl (C=O) groups is 2. The maximum absolute atomic E-state index is 12.4. The van der Waals surface area contributed by atoms with Crippen LogP contribution in [0.15, 0.2) is 46.7 Å². The number of urea groups is 1. The van der Waals surface area contributed by atoms with Crippen LogP contribution in [0.25, 0.3) is 0 Å². The Morgan fingerprint density at radius 2 is 1.98 bits per heavy atom. The number of esters is 1. The lowest BCUT2D eigenvalue weighted by molar-refractivity contribution is -0.386. The summed E-state index contributed by atoms with van der Waals surface area (Å²) in [6.45, 7) is 3.37. The van der Waals surface area contributed by atoms with Gasteiger partial charge in [0.05, 0.1) is 43.6 Å². The molecular weight excluding hydrogens is 530 g/mol. The SMILES string of the molecule is CCOc1cc([C@H]2NC(=O)NC(C)=C2C(=O)OC)ccc1OC[C@@H](O)N/N=C\c1cc(OC)c(O)c([N+](=O)[O-])c1. The molecule has 0 saturated heterocycles. The van der Waals surface area contributed by atoms with Gasteiger partial charge in [0.15, 0.2) is 23.5 Å². The number of ether oxygens (including phenoxy) is 4. The van der Waals surface area contributed by atoms with Crippen LogP contribution < -0.4 is 30.3 Å². The average molecular weight is 560 g/mol. The van der Waals surface area contributed by atoms with Crippen molar-refractivity contribution in [2.75, 3.05) is 27.4 Å². The summed E-state index contributed by atoms with van der Waals surface area (Å²) in [6.07, 6.45) is -0.0973. The molecule has 0 aromatic heterocycles. The Balaban J connectivity index is 1.72. The number of nitrogens with zero attached hydrogens (tertiary/aromatic N) is 2. The van der Waals surface area contributed by atoms with E-state index in [9.17, 15) is 29.9 Å². The van der Waals surface area contributed by atoms with Crippen LogP contribution in [0.5, 0.6) is 23.0 Å². The molecule has 3 rings (SSSR count). The predicted molar refractivity (Wildman–Crippen MR) is 140 cm³/mol. The number of methoxy groups -OCH3 is 2. The number of nitro groups is 1. The molecule has 0 spiro atoms. The predicted octanol–water partition coefficient (Wildman–Crippen LogP) is 1.83. The topological polar surface area (TPSA) is 203 Å². The Kier molecular flexibility index (Phi) is 9.70. The van der Waals surface area contributed by atoms with Crippen molar-refractivity contribution in [1.29, 1.82) is 0 Å². The maximum Gasteiger partial charge on any atom is 0.337 e. The largest absolute Gasteiger partial charge is 0.500 e. The summed E-state index contributed by atoms with van der Waals surface area (Å²) in [6, 6.07) is 5.95. The van der Waals surface area contributed by atoms with Crippen LogP contribution in [-0.4, -0.2) is 67.0 Å². The smallest absolute Gasteiger partial charge is 0.337 e. The summed E-state index contributed by atoms with van der Waals surface area (Å²) in [5, 5.41) is 40.4. The number of hydrogen-bond donors (Lipinski definition) is 5. The van der Waals surface area contributed by atoms with Gasteiger partial charge in [0.2, 0.25) is 5.75 Å². The van der Waals surface area contributed by atoms with Gasteiger partial charge in [-0.2, -0.15) is 5.10 Å². The van der Waals surface area contributed by atoms with Gasteiger partial charge in [-0.15, -0.1) is 0 Å². The van der Waals surface area contributed by atoms with Gasteiger partial charge >= 0.3 is 17.7 Å². The molecule has 5 N–H and O–H groups in total. The zero-order chi connectivity index (χ0) is 29.4. The summed E-state index contributed by atoms with van der Waals surface area (Å²) in [5.41, 5.74) is 3.21. The molecular formula is C25H29N5O10.